The van der Waals surface area contributed by atoms with E-state index in [0.29, 0.717) is 11.9 Å². The second kappa shape index (κ2) is 8.82. The SMILES string of the molecule is CCCCNC(=O)C1CCC(C)N(Cc2nc(-c3cccs3)oc2C)C1. The van der Waals surface area contributed by atoms with E-state index in [1.165, 1.54) is 0 Å². The highest BCUT2D eigenvalue weighted by molar-refractivity contribution is 7.13. The average molecular weight is 376 g/mol. The lowest BCUT2D eigenvalue weighted by atomic mass is 9.92. The smallest absolute Gasteiger partial charge is 0.236 e. The molecule has 2 unspecified atom stereocenters. The van der Waals surface area contributed by atoms with Gasteiger partial charge in [-0.05, 0) is 44.6 Å². The molecule has 0 saturated carbocycles. The van der Waals surface area contributed by atoms with Crippen LogP contribution in [0.25, 0.3) is 10.8 Å². The maximum absolute atomic E-state index is 12.4. The molecule has 2 aromatic heterocycles. The van der Waals surface area contributed by atoms with Crippen molar-refractivity contribution in [1.29, 1.82) is 0 Å². The molecule has 1 N–H and O–H groups in total. The number of aryl methyl sites for hydroxylation is 1. The normalized spacial score (nSPS) is 21.0. The van der Waals surface area contributed by atoms with E-state index < -0.39 is 0 Å². The lowest BCUT2D eigenvalue weighted by Crippen LogP contribution is -2.46. The van der Waals surface area contributed by atoms with Crippen molar-refractivity contribution in [2.24, 2.45) is 5.92 Å². The lowest BCUT2D eigenvalue weighted by Gasteiger charge is -2.37. The number of piperidine rings is 1. The summed E-state index contributed by atoms with van der Waals surface area (Å²) in [5.74, 6) is 1.85. The molecule has 6 heteroatoms. The summed E-state index contributed by atoms with van der Waals surface area (Å²) in [6.45, 7) is 8.67. The molecule has 0 aromatic carbocycles. The molecule has 26 heavy (non-hydrogen) atoms. The number of hydrogen-bond donors (Lipinski definition) is 1. The van der Waals surface area contributed by atoms with E-state index in [-0.39, 0.29) is 11.8 Å². The van der Waals surface area contributed by atoms with Gasteiger partial charge in [-0.1, -0.05) is 19.4 Å². The van der Waals surface area contributed by atoms with Crippen LogP contribution in [0.4, 0.5) is 0 Å². The predicted octanol–water partition coefficient (Wildman–Crippen LogP) is 4.23. The minimum absolute atomic E-state index is 0.0760. The van der Waals surface area contributed by atoms with Crippen LogP contribution in [0.15, 0.2) is 21.9 Å². The van der Waals surface area contributed by atoms with Gasteiger partial charge in [-0.25, -0.2) is 4.98 Å². The maximum Gasteiger partial charge on any atom is 0.236 e. The van der Waals surface area contributed by atoms with Gasteiger partial charge in [0.1, 0.15) is 5.76 Å². The van der Waals surface area contributed by atoms with Crippen molar-refractivity contribution in [3.63, 3.8) is 0 Å². The van der Waals surface area contributed by atoms with Crippen molar-refractivity contribution in [3.8, 4) is 10.8 Å². The highest BCUT2D eigenvalue weighted by Gasteiger charge is 2.30. The number of amides is 1. The Labute approximate surface area is 159 Å². The quantitative estimate of drug-likeness (QED) is 0.736. The van der Waals surface area contributed by atoms with E-state index in [4.69, 9.17) is 9.40 Å². The van der Waals surface area contributed by atoms with Crippen LogP contribution < -0.4 is 5.32 Å². The Balaban J connectivity index is 1.63. The molecule has 0 spiro atoms. The third-order valence-electron chi connectivity index (χ3n) is 5.19. The van der Waals surface area contributed by atoms with Gasteiger partial charge in [0.15, 0.2) is 0 Å². The molecule has 2 aromatic rings. The number of nitrogens with one attached hydrogen (secondary N) is 1. The van der Waals surface area contributed by atoms with Crippen LogP contribution in [0.5, 0.6) is 0 Å². The first-order chi connectivity index (χ1) is 12.6. The molecular weight excluding hydrogens is 346 g/mol. The Morgan fingerprint density at radius 3 is 3.04 bits per heavy atom. The summed E-state index contributed by atoms with van der Waals surface area (Å²) in [5.41, 5.74) is 0.979. The summed E-state index contributed by atoms with van der Waals surface area (Å²) in [6, 6.07) is 4.49. The second-order valence-corrected chi connectivity index (χ2v) is 8.14. The summed E-state index contributed by atoms with van der Waals surface area (Å²) in [5, 5.41) is 5.12. The molecule has 2 atom stereocenters. The van der Waals surface area contributed by atoms with Crippen LogP contribution in [-0.4, -0.2) is 34.9 Å². The van der Waals surface area contributed by atoms with E-state index in [9.17, 15) is 4.79 Å². The number of oxazole rings is 1. The van der Waals surface area contributed by atoms with Gasteiger partial charge in [0.2, 0.25) is 11.8 Å². The zero-order valence-electron chi connectivity index (χ0n) is 16.0. The van der Waals surface area contributed by atoms with Gasteiger partial charge in [0.25, 0.3) is 0 Å². The van der Waals surface area contributed by atoms with E-state index >= 15 is 0 Å². The van der Waals surface area contributed by atoms with Crippen LogP contribution in [0.2, 0.25) is 0 Å². The molecule has 3 rings (SSSR count). The van der Waals surface area contributed by atoms with Crippen LogP contribution in [0.1, 0.15) is 51.0 Å². The monoisotopic (exact) mass is 375 g/mol. The third kappa shape index (κ3) is 4.54. The van der Waals surface area contributed by atoms with Gasteiger partial charge < -0.3 is 9.73 Å². The number of unbranched alkanes of at least 4 members (excludes halogenated alkanes) is 1. The minimum Gasteiger partial charge on any atom is -0.440 e. The van der Waals surface area contributed by atoms with Crippen molar-refractivity contribution in [1.82, 2.24) is 15.2 Å². The number of likely N-dealkylation sites (tertiary alicyclic amines) is 1. The van der Waals surface area contributed by atoms with E-state index in [1.54, 1.807) is 11.3 Å². The zero-order chi connectivity index (χ0) is 18.5. The number of nitrogens with zero attached hydrogens (tertiary/aromatic N) is 2. The molecule has 0 bridgehead atoms. The number of thiophene rings is 1. The molecular formula is C20H29N3O2S. The number of rotatable bonds is 7. The van der Waals surface area contributed by atoms with Gasteiger partial charge >= 0.3 is 0 Å². The standard InChI is InChI=1S/C20H29N3O2S/c1-4-5-10-21-19(24)16-9-8-14(2)23(12-16)13-17-15(3)25-20(22-17)18-7-6-11-26-18/h6-7,11,14,16H,4-5,8-10,12-13H2,1-3H3,(H,21,24). The fourth-order valence-corrected chi connectivity index (χ4v) is 4.07. The van der Waals surface area contributed by atoms with E-state index in [0.717, 1.165) is 61.6 Å². The largest absolute Gasteiger partial charge is 0.440 e. The Morgan fingerprint density at radius 1 is 1.46 bits per heavy atom. The fraction of sp³-hybridized carbons (Fsp3) is 0.600. The Bertz CT molecular complexity index is 711. The lowest BCUT2D eigenvalue weighted by molar-refractivity contribution is -0.127. The van der Waals surface area contributed by atoms with Crippen molar-refractivity contribution in [2.75, 3.05) is 13.1 Å². The minimum atomic E-state index is 0.0760. The van der Waals surface area contributed by atoms with Crippen molar-refractivity contribution in [3.05, 3.63) is 29.0 Å². The first kappa shape index (κ1) is 19.1. The first-order valence-corrected chi connectivity index (χ1v) is 10.5. The van der Waals surface area contributed by atoms with Crippen LogP contribution in [0, 0.1) is 12.8 Å². The maximum atomic E-state index is 12.4. The summed E-state index contributed by atoms with van der Waals surface area (Å²) in [4.78, 5) is 20.6. The van der Waals surface area contributed by atoms with Crippen molar-refractivity contribution in [2.45, 2.75) is 59.0 Å². The van der Waals surface area contributed by atoms with Gasteiger partial charge in [0.05, 0.1) is 16.5 Å². The average Bonchev–Trinajstić information content (AvgIpc) is 3.27. The molecule has 0 aliphatic carbocycles. The van der Waals surface area contributed by atoms with Crippen LogP contribution >= 0.6 is 11.3 Å². The topological polar surface area (TPSA) is 58.4 Å². The van der Waals surface area contributed by atoms with Gasteiger partial charge in [-0.3, -0.25) is 9.69 Å². The number of aromatic nitrogens is 1. The Morgan fingerprint density at radius 2 is 2.31 bits per heavy atom. The number of hydrogen-bond acceptors (Lipinski definition) is 5. The molecule has 5 nitrogen and oxygen atoms in total. The molecule has 142 valence electrons. The molecule has 3 heterocycles. The van der Waals surface area contributed by atoms with Gasteiger partial charge in [-0.2, -0.15) is 0 Å². The van der Waals surface area contributed by atoms with Gasteiger partial charge in [-0.15, -0.1) is 11.3 Å². The Hall–Kier alpha value is -1.66. The first-order valence-electron chi connectivity index (χ1n) is 9.60. The van der Waals surface area contributed by atoms with E-state index in [2.05, 4.69) is 24.1 Å². The second-order valence-electron chi connectivity index (χ2n) is 7.20. The molecule has 1 aliphatic heterocycles. The van der Waals surface area contributed by atoms with Gasteiger partial charge in [0, 0.05) is 25.7 Å². The number of carbonyl (C=O) groups excluding carboxylic acids is 1. The summed E-state index contributed by atoms with van der Waals surface area (Å²) >= 11 is 1.64. The predicted molar refractivity (Wildman–Crippen MR) is 105 cm³/mol. The fourth-order valence-electron chi connectivity index (χ4n) is 3.42. The number of carbonyl (C=O) groups is 1. The molecule has 0 radical (unpaired) electrons. The molecule has 1 fully saturated rings. The zero-order valence-corrected chi connectivity index (χ0v) is 16.8. The van der Waals surface area contributed by atoms with Crippen molar-refractivity contribution < 1.29 is 9.21 Å². The van der Waals surface area contributed by atoms with Crippen molar-refractivity contribution >= 4 is 17.2 Å². The molecule has 1 saturated heterocycles. The van der Waals surface area contributed by atoms with Crippen LogP contribution in [-0.2, 0) is 11.3 Å². The Kier molecular flexibility index (Phi) is 6.48. The summed E-state index contributed by atoms with van der Waals surface area (Å²) in [6.07, 6.45) is 4.16. The highest BCUT2D eigenvalue weighted by Crippen LogP contribution is 2.28. The molecule has 1 amide bonds. The summed E-state index contributed by atoms with van der Waals surface area (Å²) in [7, 11) is 0. The molecule has 1 aliphatic rings. The van der Waals surface area contributed by atoms with Crippen LogP contribution in [0.3, 0.4) is 0 Å². The summed E-state index contributed by atoms with van der Waals surface area (Å²) < 4.78 is 5.87. The third-order valence-corrected chi connectivity index (χ3v) is 6.05. The van der Waals surface area contributed by atoms with E-state index in [1.807, 2.05) is 24.4 Å². The highest BCUT2D eigenvalue weighted by atomic mass is 32.1.